The van der Waals surface area contributed by atoms with Crippen LogP contribution in [0.4, 0.5) is 4.39 Å². The van der Waals surface area contributed by atoms with E-state index < -0.39 is 0 Å². The molecule has 1 saturated heterocycles. The molecule has 1 aromatic rings. The van der Waals surface area contributed by atoms with Crippen molar-refractivity contribution in [2.45, 2.75) is 31.9 Å². The summed E-state index contributed by atoms with van der Waals surface area (Å²) in [5.74, 6) is 0.678. The number of ether oxygens (including phenoxy) is 1. The first-order chi connectivity index (χ1) is 11.1. The van der Waals surface area contributed by atoms with E-state index in [0.29, 0.717) is 12.6 Å². The molecule has 1 aliphatic rings. The van der Waals surface area contributed by atoms with Gasteiger partial charge in [0.15, 0.2) is 17.5 Å². The number of guanidine groups is 1. The van der Waals surface area contributed by atoms with Crippen LogP contribution in [0.15, 0.2) is 29.3 Å². The molecule has 1 fully saturated rings. The Bertz CT molecular complexity index is 529. The van der Waals surface area contributed by atoms with E-state index >= 15 is 0 Å². The van der Waals surface area contributed by atoms with Crippen LogP contribution in [0.25, 0.3) is 0 Å². The number of benzene rings is 1. The van der Waals surface area contributed by atoms with Crippen LogP contribution < -0.4 is 15.4 Å². The summed E-state index contributed by atoms with van der Waals surface area (Å²) in [4.78, 5) is 6.58. The monoisotopic (exact) mass is 450 g/mol. The first-order valence-electron chi connectivity index (χ1n) is 8.16. The van der Waals surface area contributed by atoms with Gasteiger partial charge in [0, 0.05) is 19.6 Å². The number of nitrogens with one attached hydrogen (secondary N) is 2. The minimum Gasteiger partial charge on any atom is -0.486 e. The Morgan fingerprint density at radius 1 is 1.42 bits per heavy atom. The number of aliphatic imine (C=N–C) groups is 1. The predicted molar refractivity (Wildman–Crippen MR) is 107 cm³/mol. The van der Waals surface area contributed by atoms with Crippen molar-refractivity contribution >= 4 is 29.9 Å². The summed E-state index contributed by atoms with van der Waals surface area (Å²) in [5.41, 5.74) is 0. The smallest absolute Gasteiger partial charge is 0.191 e. The molecule has 2 unspecified atom stereocenters. The molecule has 2 rings (SSSR count). The van der Waals surface area contributed by atoms with Crippen LogP contribution in [0.3, 0.4) is 0 Å². The van der Waals surface area contributed by atoms with Gasteiger partial charge >= 0.3 is 0 Å². The Balaban J connectivity index is 0.00000288. The third kappa shape index (κ3) is 6.43. The summed E-state index contributed by atoms with van der Waals surface area (Å²) in [6.07, 6.45) is 2.30. The number of nitrogens with zero attached hydrogens (tertiary/aromatic N) is 2. The minimum absolute atomic E-state index is 0. The van der Waals surface area contributed by atoms with Crippen LogP contribution in [-0.2, 0) is 0 Å². The first-order valence-corrected chi connectivity index (χ1v) is 8.16. The molecule has 0 radical (unpaired) electrons. The Morgan fingerprint density at radius 2 is 2.17 bits per heavy atom. The summed E-state index contributed by atoms with van der Waals surface area (Å²) in [6.45, 7) is 4.48. The maximum Gasteiger partial charge on any atom is 0.191 e. The molecule has 1 heterocycles. The fourth-order valence-electron chi connectivity index (χ4n) is 2.71. The van der Waals surface area contributed by atoms with Gasteiger partial charge in [0.25, 0.3) is 0 Å². The van der Waals surface area contributed by atoms with Crippen molar-refractivity contribution in [2.24, 2.45) is 4.99 Å². The second kappa shape index (κ2) is 10.7. The van der Waals surface area contributed by atoms with Gasteiger partial charge in [-0.3, -0.25) is 4.99 Å². The highest BCUT2D eigenvalue weighted by Crippen LogP contribution is 2.16. The van der Waals surface area contributed by atoms with Gasteiger partial charge in [0.1, 0.15) is 6.10 Å². The number of para-hydroxylation sites is 1. The molecule has 1 aliphatic heterocycles. The van der Waals surface area contributed by atoms with E-state index in [1.54, 1.807) is 25.2 Å². The van der Waals surface area contributed by atoms with E-state index in [0.717, 1.165) is 19.0 Å². The summed E-state index contributed by atoms with van der Waals surface area (Å²) in [6, 6.07) is 7.00. The summed E-state index contributed by atoms with van der Waals surface area (Å²) >= 11 is 0. The third-order valence-electron chi connectivity index (χ3n) is 4.12. The lowest BCUT2D eigenvalue weighted by Gasteiger charge is -2.22. The molecular formula is C17H28FIN4O. The van der Waals surface area contributed by atoms with Gasteiger partial charge in [0.05, 0.1) is 6.54 Å². The lowest BCUT2D eigenvalue weighted by molar-refractivity contribution is 0.214. The average molecular weight is 450 g/mol. The first kappa shape index (κ1) is 21.0. The number of rotatable bonds is 6. The molecule has 0 saturated carbocycles. The summed E-state index contributed by atoms with van der Waals surface area (Å²) in [7, 11) is 3.90. The molecule has 2 atom stereocenters. The Kier molecular flexibility index (Phi) is 9.35. The Morgan fingerprint density at radius 3 is 2.79 bits per heavy atom. The van der Waals surface area contributed by atoms with E-state index in [-0.39, 0.29) is 41.6 Å². The van der Waals surface area contributed by atoms with Crippen molar-refractivity contribution in [3.05, 3.63) is 30.1 Å². The third-order valence-corrected chi connectivity index (χ3v) is 4.12. The molecule has 24 heavy (non-hydrogen) atoms. The standard InChI is InChI=1S/C17H27FN4O.HI/c1-13(23-16-9-5-4-8-15(16)18)11-20-17(19-2)21-12-14-7-6-10-22(14)3;/h4-5,8-9,13-14H,6-7,10-12H2,1-3H3,(H2,19,20,21);1H. The molecular weight excluding hydrogens is 422 g/mol. The van der Waals surface area contributed by atoms with Crippen LogP contribution in [0.1, 0.15) is 19.8 Å². The zero-order valence-corrected chi connectivity index (χ0v) is 16.9. The topological polar surface area (TPSA) is 48.9 Å². The molecule has 7 heteroatoms. The molecule has 5 nitrogen and oxygen atoms in total. The van der Waals surface area contributed by atoms with Crippen molar-refractivity contribution in [3.8, 4) is 5.75 Å². The summed E-state index contributed by atoms with van der Waals surface area (Å²) in [5, 5.41) is 6.56. The normalized spacial score (nSPS) is 19.5. The van der Waals surface area contributed by atoms with Gasteiger partial charge in [-0.05, 0) is 45.5 Å². The lowest BCUT2D eigenvalue weighted by atomic mass is 10.2. The van der Waals surface area contributed by atoms with E-state index in [4.69, 9.17) is 4.74 Å². The molecule has 0 aromatic heterocycles. The van der Waals surface area contributed by atoms with Gasteiger partial charge in [-0.2, -0.15) is 0 Å². The van der Waals surface area contributed by atoms with Gasteiger partial charge in [0.2, 0.25) is 0 Å². The summed E-state index contributed by atoms with van der Waals surface area (Å²) < 4.78 is 19.2. The van der Waals surface area contributed by atoms with Crippen LogP contribution >= 0.6 is 24.0 Å². The second-order valence-corrected chi connectivity index (χ2v) is 5.97. The molecule has 136 valence electrons. The number of likely N-dealkylation sites (tertiary alicyclic amines) is 1. The van der Waals surface area contributed by atoms with Gasteiger partial charge in [-0.25, -0.2) is 4.39 Å². The molecule has 2 N–H and O–H groups in total. The SMILES string of the molecule is CN=C(NCC(C)Oc1ccccc1F)NCC1CCCN1C.I. The predicted octanol–water partition coefficient (Wildman–Crippen LogP) is 2.47. The van der Waals surface area contributed by atoms with Crippen molar-refractivity contribution in [1.29, 1.82) is 0 Å². The minimum atomic E-state index is -0.342. The average Bonchev–Trinajstić information content (AvgIpc) is 2.95. The zero-order chi connectivity index (χ0) is 16.7. The lowest BCUT2D eigenvalue weighted by Crippen LogP contribution is -2.46. The van der Waals surface area contributed by atoms with E-state index in [2.05, 4.69) is 27.6 Å². The number of likely N-dealkylation sites (N-methyl/N-ethyl adjacent to an activating group) is 1. The highest BCUT2D eigenvalue weighted by Gasteiger charge is 2.20. The molecule has 1 aromatic carbocycles. The van der Waals surface area contributed by atoms with Crippen LogP contribution in [0.5, 0.6) is 5.75 Å². The van der Waals surface area contributed by atoms with Gasteiger partial charge in [-0.1, -0.05) is 12.1 Å². The molecule has 0 aliphatic carbocycles. The van der Waals surface area contributed by atoms with Gasteiger partial charge < -0.3 is 20.3 Å². The zero-order valence-electron chi connectivity index (χ0n) is 14.6. The maximum absolute atomic E-state index is 13.6. The van der Waals surface area contributed by atoms with E-state index in [9.17, 15) is 4.39 Å². The van der Waals surface area contributed by atoms with Crippen molar-refractivity contribution < 1.29 is 9.13 Å². The fraction of sp³-hybridized carbons (Fsp3) is 0.588. The van der Waals surface area contributed by atoms with Crippen LogP contribution in [0.2, 0.25) is 0 Å². The largest absolute Gasteiger partial charge is 0.486 e. The number of hydrogen-bond acceptors (Lipinski definition) is 3. The second-order valence-electron chi connectivity index (χ2n) is 5.97. The highest BCUT2D eigenvalue weighted by atomic mass is 127. The van der Waals surface area contributed by atoms with E-state index in [1.807, 2.05) is 6.92 Å². The highest BCUT2D eigenvalue weighted by molar-refractivity contribution is 14.0. The van der Waals surface area contributed by atoms with Crippen molar-refractivity contribution in [1.82, 2.24) is 15.5 Å². The fourth-order valence-corrected chi connectivity index (χ4v) is 2.71. The van der Waals surface area contributed by atoms with Gasteiger partial charge in [-0.15, -0.1) is 24.0 Å². The number of halogens is 2. The van der Waals surface area contributed by atoms with Crippen molar-refractivity contribution in [2.75, 3.05) is 33.7 Å². The van der Waals surface area contributed by atoms with E-state index in [1.165, 1.54) is 18.9 Å². The Labute approximate surface area is 161 Å². The van der Waals surface area contributed by atoms with Crippen LogP contribution in [-0.4, -0.2) is 56.7 Å². The molecule has 0 bridgehead atoms. The number of hydrogen-bond donors (Lipinski definition) is 2. The molecule has 0 spiro atoms. The maximum atomic E-state index is 13.6. The van der Waals surface area contributed by atoms with Crippen molar-refractivity contribution in [3.63, 3.8) is 0 Å². The molecule has 0 amide bonds. The van der Waals surface area contributed by atoms with Crippen LogP contribution in [0, 0.1) is 5.82 Å². The quantitative estimate of drug-likeness (QED) is 0.397. The Hall–Kier alpha value is -1.09.